The number of hydroxylamine groups is 1. The van der Waals surface area contributed by atoms with Gasteiger partial charge < -0.3 is 10.2 Å². The van der Waals surface area contributed by atoms with Gasteiger partial charge in [0, 0.05) is 44.7 Å². The normalized spacial score (nSPS) is 12.9. The molecule has 3 aromatic rings. The van der Waals surface area contributed by atoms with Gasteiger partial charge in [-0.25, -0.2) is 18.7 Å². The third kappa shape index (κ3) is 5.55. The maximum Gasteiger partial charge on any atom is 0.321 e. The van der Waals surface area contributed by atoms with E-state index in [9.17, 15) is 18.0 Å². The number of unbranched alkanes of at least 4 members (excludes halogenated alkanes) is 2. The van der Waals surface area contributed by atoms with E-state index in [-0.39, 0.29) is 22.2 Å². The summed E-state index contributed by atoms with van der Waals surface area (Å²) in [5.41, 5.74) is 3.75. The van der Waals surface area contributed by atoms with E-state index in [2.05, 4.69) is 5.32 Å². The molecule has 1 aliphatic rings. The zero-order valence-corrected chi connectivity index (χ0v) is 21.8. The Morgan fingerprint density at radius 3 is 2.57 bits per heavy atom. The lowest BCUT2D eigenvalue weighted by Gasteiger charge is -2.20. The summed E-state index contributed by atoms with van der Waals surface area (Å²) in [6.07, 6.45) is 2.89. The number of rotatable bonds is 9. The van der Waals surface area contributed by atoms with Crippen molar-refractivity contribution in [3.8, 4) is 0 Å². The number of hydrogen-bond acceptors (Lipinski definition) is 6. The van der Waals surface area contributed by atoms with Crippen LogP contribution in [0.4, 0.5) is 16.2 Å². The fourth-order valence-electron chi connectivity index (χ4n) is 4.67. The Balaban J connectivity index is 1.51. The van der Waals surface area contributed by atoms with Crippen LogP contribution in [0.15, 0.2) is 64.4 Å². The quantitative estimate of drug-likeness (QED) is 0.222. The monoisotopic (exact) mass is 524 g/mol. The van der Waals surface area contributed by atoms with E-state index in [1.807, 2.05) is 50.5 Å². The van der Waals surface area contributed by atoms with Gasteiger partial charge in [0.25, 0.3) is 0 Å². The minimum atomic E-state index is -3.84. The molecule has 3 aromatic carbocycles. The van der Waals surface area contributed by atoms with E-state index >= 15 is 0 Å². The molecule has 3 N–H and O–H groups in total. The van der Waals surface area contributed by atoms with Crippen molar-refractivity contribution in [3.05, 3.63) is 60.2 Å². The minimum Gasteiger partial charge on any atom is -0.377 e. The highest BCUT2D eigenvalue weighted by atomic mass is 32.2. The van der Waals surface area contributed by atoms with Crippen LogP contribution in [-0.4, -0.2) is 52.7 Å². The van der Waals surface area contributed by atoms with Crippen LogP contribution >= 0.6 is 0 Å². The van der Waals surface area contributed by atoms with Crippen LogP contribution < -0.4 is 20.6 Å². The van der Waals surface area contributed by atoms with Crippen molar-refractivity contribution < 1.29 is 23.2 Å². The van der Waals surface area contributed by atoms with Crippen LogP contribution in [0.25, 0.3) is 10.8 Å². The van der Waals surface area contributed by atoms with Crippen LogP contribution in [0.3, 0.4) is 0 Å². The molecule has 196 valence electrons. The van der Waals surface area contributed by atoms with E-state index < -0.39 is 15.7 Å². The van der Waals surface area contributed by atoms with E-state index in [0.29, 0.717) is 49.1 Å². The van der Waals surface area contributed by atoms with Crippen molar-refractivity contribution >= 4 is 43.9 Å². The lowest BCUT2D eigenvalue weighted by molar-refractivity contribution is -0.129. The number of benzene rings is 3. The summed E-state index contributed by atoms with van der Waals surface area (Å²) >= 11 is 0. The van der Waals surface area contributed by atoms with Crippen molar-refractivity contribution in [2.24, 2.45) is 0 Å². The van der Waals surface area contributed by atoms with Crippen molar-refractivity contribution in [3.63, 3.8) is 0 Å². The molecule has 1 aliphatic heterocycles. The second-order valence-electron chi connectivity index (χ2n) is 9.30. The SMILES string of the molecule is CN(C)c1ccc2ccccc2c1S(=O)(=O)c1ccc2c(c1)CCN2C(=O)NCCCCCC(=O)NO. The number of nitrogens with one attached hydrogen (secondary N) is 2. The predicted octanol–water partition coefficient (Wildman–Crippen LogP) is 3.88. The first-order valence-electron chi connectivity index (χ1n) is 12.3. The number of urea groups is 1. The molecule has 10 heteroatoms. The molecule has 0 radical (unpaired) electrons. The number of sulfone groups is 1. The van der Waals surface area contributed by atoms with Crippen LogP contribution in [0, 0.1) is 0 Å². The summed E-state index contributed by atoms with van der Waals surface area (Å²) < 4.78 is 27.8. The standard InChI is InChI=1S/C27H32N4O5S/c1-30(2)24-13-11-19-8-5-6-9-22(19)26(24)37(35,36)21-12-14-23-20(18-21)15-17-31(23)27(33)28-16-7-3-4-10-25(32)29-34/h5-6,8-9,11-14,18,34H,3-4,7,10,15-17H2,1-2H3,(H,28,33)(H,29,32). The summed E-state index contributed by atoms with van der Waals surface area (Å²) in [4.78, 5) is 27.7. The zero-order chi connectivity index (χ0) is 26.6. The van der Waals surface area contributed by atoms with Gasteiger partial charge in [-0.1, -0.05) is 36.8 Å². The molecule has 0 saturated carbocycles. The van der Waals surface area contributed by atoms with Gasteiger partial charge in [-0.2, -0.15) is 0 Å². The van der Waals surface area contributed by atoms with E-state index in [0.717, 1.165) is 17.4 Å². The molecule has 0 spiro atoms. The number of fused-ring (bicyclic) bond motifs is 2. The first-order valence-corrected chi connectivity index (χ1v) is 13.8. The Bertz CT molecular complexity index is 1420. The van der Waals surface area contributed by atoms with Gasteiger partial charge in [-0.15, -0.1) is 0 Å². The highest BCUT2D eigenvalue weighted by Crippen LogP contribution is 2.38. The summed E-state index contributed by atoms with van der Waals surface area (Å²) in [5.74, 6) is -0.419. The Kier molecular flexibility index (Phi) is 7.99. The average molecular weight is 525 g/mol. The molecular weight excluding hydrogens is 492 g/mol. The van der Waals surface area contributed by atoms with Crippen molar-refractivity contribution in [1.29, 1.82) is 0 Å². The molecule has 1 heterocycles. The smallest absolute Gasteiger partial charge is 0.321 e. The summed E-state index contributed by atoms with van der Waals surface area (Å²) in [7, 11) is -0.182. The Morgan fingerprint density at radius 2 is 1.81 bits per heavy atom. The van der Waals surface area contributed by atoms with Gasteiger partial charge in [0.1, 0.15) is 4.90 Å². The number of carbonyl (C=O) groups is 2. The van der Waals surface area contributed by atoms with Crippen molar-refractivity contribution in [2.75, 3.05) is 37.0 Å². The maximum atomic E-state index is 13.9. The largest absolute Gasteiger partial charge is 0.377 e. The lowest BCUT2D eigenvalue weighted by Crippen LogP contribution is -2.39. The maximum absolute atomic E-state index is 13.9. The molecule has 0 unspecified atom stereocenters. The Labute approximate surface area is 216 Å². The van der Waals surface area contributed by atoms with Gasteiger partial charge >= 0.3 is 6.03 Å². The second kappa shape index (κ2) is 11.2. The highest BCUT2D eigenvalue weighted by Gasteiger charge is 2.29. The molecule has 0 fully saturated rings. The van der Waals surface area contributed by atoms with Gasteiger partial charge in [0.05, 0.1) is 10.6 Å². The summed E-state index contributed by atoms with van der Waals surface area (Å²) in [5, 5.41) is 12.9. The average Bonchev–Trinajstić information content (AvgIpc) is 3.33. The Morgan fingerprint density at radius 1 is 1.03 bits per heavy atom. The predicted molar refractivity (Wildman–Crippen MR) is 143 cm³/mol. The summed E-state index contributed by atoms with van der Waals surface area (Å²) in [6, 6.07) is 16.0. The van der Waals surface area contributed by atoms with Gasteiger partial charge in [-0.3, -0.25) is 14.9 Å². The van der Waals surface area contributed by atoms with Gasteiger partial charge in [-0.05, 0) is 54.5 Å². The minimum absolute atomic E-state index is 0.208. The summed E-state index contributed by atoms with van der Waals surface area (Å²) in [6.45, 7) is 0.935. The molecule has 4 rings (SSSR count). The Hall–Kier alpha value is -3.63. The third-order valence-corrected chi connectivity index (χ3v) is 8.43. The van der Waals surface area contributed by atoms with Crippen LogP contribution in [0.2, 0.25) is 0 Å². The first-order chi connectivity index (χ1) is 17.7. The number of anilines is 2. The van der Waals surface area contributed by atoms with Crippen molar-refractivity contribution in [1.82, 2.24) is 10.8 Å². The molecular formula is C27H32N4O5S. The highest BCUT2D eigenvalue weighted by molar-refractivity contribution is 7.92. The van der Waals surface area contributed by atoms with Crippen LogP contribution in [-0.2, 0) is 21.1 Å². The zero-order valence-electron chi connectivity index (χ0n) is 21.0. The molecule has 37 heavy (non-hydrogen) atoms. The van der Waals surface area contributed by atoms with E-state index in [1.54, 1.807) is 33.5 Å². The third-order valence-electron chi connectivity index (χ3n) is 6.59. The van der Waals surface area contributed by atoms with Gasteiger partial charge in [0.2, 0.25) is 15.7 Å². The number of amides is 3. The molecule has 0 bridgehead atoms. The first kappa shape index (κ1) is 26.4. The van der Waals surface area contributed by atoms with Crippen LogP contribution in [0.1, 0.15) is 31.2 Å². The molecule has 9 nitrogen and oxygen atoms in total. The topological polar surface area (TPSA) is 119 Å². The number of carbonyl (C=O) groups excluding carboxylic acids is 2. The molecule has 0 aliphatic carbocycles. The fourth-order valence-corrected chi connectivity index (χ4v) is 6.46. The molecule has 0 saturated heterocycles. The van der Waals surface area contributed by atoms with Crippen LogP contribution in [0.5, 0.6) is 0 Å². The fraction of sp³-hybridized carbons (Fsp3) is 0.333. The molecule has 3 amide bonds. The van der Waals surface area contributed by atoms with E-state index in [1.165, 1.54) is 0 Å². The number of hydrogen-bond donors (Lipinski definition) is 3. The second-order valence-corrected chi connectivity index (χ2v) is 11.2. The van der Waals surface area contributed by atoms with Gasteiger partial charge in [0.15, 0.2) is 0 Å². The molecule has 0 atom stereocenters. The van der Waals surface area contributed by atoms with E-state index in [4.69, 9.17) is 5.21 Å². The lowest BCUT2D eigenvalue weighted by atomic mass is 10.1. The molecule has 0 aromatic heterocycles. The number of nitrogens with zero attached hydrogens (tertiary/aromatic N) is 2. The van der Waals surface area contributed by atoms with Crippen molar-refractivity contribution in [2.45, 2.75) is 41.9 Å².